The highest BCUT2D eigenvalue weighted by molar-refractivity contribution is 6.30. The molecule has 1 aliphatic rings. The van der Waals surface area contributed by atoms with Gasteiger partial charge in [-0.2, -0.15) is 5.10 Å². The van der Waals surface area contributed by atoms with Gasteiger partial charge in [-0.25, -0.2) is 9.40 Å². The fraction of sp³-hybridized carbons (Fsp3) is 0.182. The maximum atomic E-state index is 14.1. The van der Waals surface area contributed by atoms with Gasteiger partial charge in [-0.1, -0.05) is 17.7 Å². The average molecular weight is 429 g/mol. The topological polar surface area (TPSA) is 64.3 Å². The number of hydrogen-bond donors (Lipinski definition) is 0. The quantitative estimate of drug-likeness (QED) is 0.568. The smallest absolute Gasteiger partial charge is 0.310 e. The first kappa shape index (κ1) is 20.0. The summed E-state index contributed by atoms with van der Waals surface area (Å²) in [7, 11) is 3.11. The van der Waals surface area contributed by atoms with E-state index < -0.39 is 17.8 Å². The molecule has 0 aliphatic carbocycles. The van der Waals surface area contributed by atoms with E-state index in [0.717, 1.165) is 0 Å². The third kappa shape index (κ3) is 3.64. The van der Waals surface area contributed by atoms with Gasteiger partial charge >= 0.3 is 5.91 Å². The van der Waals surface area contributed by atoms with Crippen LogP contribution >= 0.6 is 11.6 Å². The van der Waals surface area contributed by atoms with Crippen LogP contribution < -0.4 is 9.47 Å². The number of carbonyl (C=O) groups is 1. The lowest BCUT2D eigenvalue weighted by Crippen LogP contribution is -2.26. The van der Waals surface area contributed by atoms with Gasteiger partial charge in [0.1, 0.15) is 17.3 Å². The highest BCUT2D eigenvalue weighted by Crippen LogP contribution is 2.37. The average Bonchev–Trinajstić information content (AvgIpc) is 3.45. The van der Waals surface area contributed by atoms with Gasteiger partial charge in [0, 0.05) is 18.1 Å². The van der Waals surface area contributed by atoms with E-state index >= 15 is 0 Å². The second-order valence-electron chi connectivity index (χ2n) is 6.63. The first-order valence-corrected chi connectivity index (χ1v) is 9.51. The Morgan fingerprint density at radius 1 is 1.20 bits per heavy atom. The molecule has 154 valence electrons. The van der Waals surface area contributed by atoms with Gasteiger partial charge in [0.05, 0.1) is 37.3 Å². The van der Waals surface area contributed by atoms with Crippen molar-refractivity contribution in [3.63, 3.8) is 0 Å². The second kappa shape index (κ2) is 8.20. The van der Waals surface area contributed by atoms with E-state index in [4.69, 9.17) is 25.5 Å². The molecule has 0 saturated heterocycles. The molecule has 3 aromatic rings. The van der Waals surface area contributed by atoms with E-state index in [9.17, 15) is 9.18 Å². The summed E-state index contributed by atoms with van der Waals surface area (Å²) >= 11 is 5.83. The lowest BCUT2D eigenvalue weighted by atomic mass is 9.97. The predicted molar refractivity (Wildman–Crippen MR) is 110 cm³/mol. The molecule has 30 heavy (non-hydrogen) atoms. The van der Waals surface area contributed by atoms with E-state index in [2.05, 4.69) is 5.10 Å². The fourth-order valence-corrected chi connectivity index (χ4v) is 3.51. The Bertz CT molecular complexity index is 1110. The van der Waals surface area contributed by atoms with E-state index in [0.29, 0.717) is 34.8 Å². The molecule has 6 nitrogen and oxygen atoms in total. The van der Waals surface area contributed by atoms with Gasteiger partial charge in [-0.15, -0.1) is 0 Å². The number of amides is 1. The molecule has 2 heterocycles. The summed E-state index contributed by atoms with van der Waals surface area (Å²) in [5, 5.41) is 5.87. The Labute approximate surface area is 177 Å². The van der Waals surface area contributed by atoms with Crippen LogP contribution in [0.2, 0.25) is 5.02 Å². The van der Waals surface area contributed by atoms with E-state index in [1.54, 1.807) is 44.6 Å². The van der Waals surface area contributed by atoms with Crippen molar-refractivity contribution in [1.29, 1.82) is 0 Å². The number of hydrazone groups is 1. The first-order chi connectivity index (χ1) is 14.5. The van der Waals surface area contributed by atoms with Crippen LogP contribution in [0.1, 0.15) is 34.1 Å². The Morgan fingerprint density at radius 3 is 2.70 bits per heavy atom. The highest BCUT2D eigenvalue weighted by Gasteiger charge is 2.36. The zero-order valence-electron chi connectivity index (χ0n) is 16.3. The highest BCUT2D eigenvalue weighted by atomic mass is 35.5. The van der Waals surface area contributed by atoms with Crippen molar-refractivity contribution in [2.75, 3.05) is 14.2 Å². The van der Waals surface area contributed by atoms with Crippen LogP contribution in [-0.2, 0) is 0 Å². The predicted octanol–water partition coefficient (Wildman–Crippen LogP) is 5.08. The summed E-state index contributed by atoms with van der Waals surface area (Å²) in [5.41, 5.74) is 1.91. The van der Waals surface area contributed by atoms with E-state index in [-0.39, 0.29) is 10.8 Å². The minimum Gasteiger partial charge on any atom is -0.497 e. The second-order valence-corrected chi connectivity index (χ2v) is 7.04. The number of rotatable bonds is 5. The van der Waals surface area contributed by atoms with Crippen molar-refractivity contribution in [1.82, 2.24) is 5.01 Å². The normalized spacial score (nSPS) is 15.8. The van der Waals surface area contributed by atoms with Crippen LogP contribution in [-0.4, -0.2) is 30.8 Å². The van der Waals surface area contributed by atoms with Crippen LogP contribution in [0.25, 0.3) is 0 Å². The molecular weight excluding hydrogens is 411 g/mol. The lowest BCUT2D eigenvalue weighted by Gasteiger charge is -2.21. The summed E-state index contributed by atoms with van der Waals surface area (Å²) < 4.78 is 30.1. The van der Waals surface area contributed by atoms with Crippen LogP contribution in [0.5, 0.6) is 11.5 Å². The fourth-order valence-electron chi connectivity index (χ4n) is 3.39. The molecule has 0 spiro atoms. The van der Waals surface area contributed by atoms with E-state index in [1.165, 1.54) is 23.4 Å². The first-order valence-electron chi connectivity index (χ1n) is 9.13. The van der Waals surface area contributed by atoms with Crippen LogP contribution in [0.15, 0.2) is 64.3 Å². The van der Waals surface area contributed by atoms with Gasteiger partial charge in [0.15, 0.2) is 5.76 Å². The zero-order valence-corrected chi connectivity index (χ0v) is 17.0. The molecule has 2 aromatic carbocycles. The molecular formula is C22H18ClFN2O4. The molecule has 4 rings (SSSR count). The van der Waals surface area contributed by atoms with Gasteiger partial charge in [-0.05, 0) is 42.0 Å². The number of hydrogen-bond acceptors (Lipinski definition) is 5. The van der Waals surface area contributed by atoms with Crippen molar-refractivity contribution in [3.8, 4) is 11.5 Å². The molecule has 1 unspecified atom stereocenters. The lowest BCUT2D eigenvalue weighted by molar-refractivity contribution is 0.0678. The standard InChI is InChI=1S/C22H18ClFN2O4/c1-28-14-6-7-15(21(11-14)29-2)18-12-19(13-5-8-16(23)17(24)10-13)26(25-18)22(27)20-4-3-9-30-20/h3-11,19H,12H2,1-2H3. The third-order valence-corrected chi connectivity index (χ3v) is 5.20. The molecule has 0 radical (unpaired) electrons. The van der Waals surface area contributed by atoms with Gasteiger partial charge in [0.2, 0.25) is 0 Å². The molecule has 0 N–H and O–H groups in total. The van der Waals surface area contributed by atoms with Crippen molar-refractivity contribution >= 4 is 23.2 Å². The van der Waals surface area contributed by atoms with Crippen molar-refractivity contribution < 1.29 is 23.1 Å². The van der Waals surface area contributed by atoms with E-state index in [1.807, 2.05) is 6.07 Å². The maximum absolute atomic E-state index is 14.1. The molecule has 1 amide bonds. The molecule has 0 fully saturated rings. The molecule has 0 bridgehead atoms. The summed E-state index contributed by atoms with van der Waals surface area (Å²) in [6.45, 7) is 0. The van der Waals surface area contributed by atoms with Gasteiger partial charge in [-0.3, -0.25) is 4.79 Å². The third-order valence-electron chi connectivity index (χ3n) is 4.90. The number of ether oxygens (including phenoxy) is 2. The van der Waals surface area contributed by atoms with Crippen LogP contribution in [0, 0.1) is 5.82 Å². The Morgan fingerprint density at radius 2 is 2.03 bits per heavy atom. The number of halogens is 2. The monoisotopic (exact) mass is 428 g/mol. The summed E-state index contributed by atoms with van der Waals surface area (Å²) in [6.07, 6.45) is 1.77. The SMILES string of the molecule is COc1ccc(C2=NN(C(=O)c3ccco3)C(c3ccc(Cl)c(F)c3)C2)c(OC)c1. The summed E-state index contributed by atoms with van der Waals surface area (Å²) in [4.78, 5) is 13.0. The number of furan rings is 1. The zero-order chi connectivity index (χ0) is 21.3. The van der Waals surface area contributed by atoms with Crippen molar-refractivity contribution in [2.45, 2.75) is 12.5 Å². The number of benzene rings is 2. The Kier molecular flexibility index (Phi) is 5.46. The molecule has 8 heteroatoms. The molecule has 1 aromatic heterocycles. The minimum atomic E-state index is -0.560. The van der Waals surface area contributed by atoms with Gasteiger partial charge < -0.3 is 13.9 Å². The summed E-state index contributed by atoms with van der Waals surface area (Å²) in [6, 6.07) is 12.5. The Balaban J connectivity index is 1.77. The molecule has 0 saturated carbocycles. The Hall–Kier alpha value is -3.32. The van der Waals surface area contributed by atoms with Crippen molar-refractivity contribution in [2.24, 2.45) is 5.10 Å². The number of nitrogens with zero attached hydrogens (tertiary/aromatic N) is 2. The minimum absolute atomic E-state index is 0.0126. The van der Waals surface area contributed by atoms with Crippen LogP contribution in [0.3, 0.4) is 0 Å². The van der Waals surface area contributed by atoms with Crippen molar-refractivity contribution in [3.05, 3.63) is 82.5 Å². The van der Waals surface area contributed by atoms with Crippen LogP contribution in [0.4, 0.5) is 4.39 Å². The largest absolute Gasteiger partial charge is 0.497 e. The summed E-state index contributed by atoms with van der Waals surface area (Å²) in [5.74, 6) is 0.342. The number of carbonyl (C=O) groups excluding carboxylic acids is 1. The maximum Gasteiger partial charge on any atom is 0.310 e. The number of methoxy groups -OCH3 is 2. The molecule has 1 aliphatic heterocycles. The molecule has 1 atom stereocenters. The van der Waals surface area contributed by atoms with Gasteiger partial charge in [0.25, 0.3) is 0 Å².